The van der Waals surface area contributed by atoms with Crippen LogP contribution in [0.3, 0.4) is 0 Å². The van der Waals surface area contributed by atoms with Crippen molar-refractivity contribution in [3.8, 4) is 0 Å². The molecule has 0 unspecified atom stereocenters. The molecule has 0 rings (SSSR count). The van der Waals surface area contributed by atoms with Gasteiger partial charge in [-0.15, -0.1) is 0 Å². The largest absolute Gasteiger partial charge is 2.00 e. The summed E-state index contributed by atoms with van der Waals surface area (Å²) in [6.07, 6.45) is 1.00. The molecule has 0 atom stereocenters. The van der Waals surface area contributed by atoms with Crippen LogP contribution in [0.2, 0.25) is 0 Å². The summed E-state index contributed by atoms with van der Waals surface area (Å²) in [5.74, 6) is 0. The summed E-state index contributed by atoms with van der Waals surface area (Å²) in [6.45, 7) is 5.50. The molecule has 0 spiro atoms. The second kappa shape index (κ2) is 20.5. The zero-order valence-electron chi connectivity index (χ0n) is 4.12. The van der Waals surface area contributed by atoms with Crippen molar-refractivity contribution < 1.29 is 27.3 Å². The molecule has 0 aliphatic rings. The SMILES string of the molecule is [CH2-]CC.[CH3-].[Cd+2]. The molecule has 0 N–H and O–H groups in total. The second-order valence-corrected chi connectivity index (χ2v) is 0.500. The van der Waals surface area contributed by atoms with Gasteiger partial charge in [0.2, 0.25) is 0 Å². The molecule has 0 aliphatic carbocycles. The normalized spacial score (nSPS) is 3.60. The Hall–Kier alpha value is 0.922. The molecule has 0 fully saturated rings. The van der Waals surface area contributed by atoms with Crippen molar-refractivity contribution in [2.45, 2.75) is 13.3 Å². The van der Waals surface area contributed by atoms with E-state index in [9.17, 15) is 0 Å². The number of rotatable bonds is 0. The maximum absolute atomic E-state index is 3.49. The van der Waals surface area contributed by atoms with Gasteiger partial charge in [-0.1, -0.05) is 6.92 Å². The third kappa shape index (κ3) is 49.4. The average molecular weight is 171 g/mol. The summed E-state index contributed by atoms with van der Waals surface area (Å²) in [5.41, 5.74) is 0. The Morgan fingerprint density at radius 1 is 1.60 bits per heavy atom. The Balaban J connectivity index is -0.0000000200. The van der Waals surface area contributed by atoms with Crippen LogP contribution in [-0.4, -0.2) is 0 Å². The minimum atomic E-state index is 0. The molecule has 0 nitrogen and oxygen atoms in total. The van der Waals surface area contributed by atoms with Crippen molar-refractivity contribution in [3.63, 3.8) is 0 Å². The molecule has 0 saturated heterocycles. The molecule has 0 amide bonds. The quantitative estimate of drug-likeness (QED) is 0.383. The first-order valence-corrected chi connectivity index (χ1v) is 1.21. The Labute approximate surface area is 55.1 Å². The van der Waals surface area contributed by atoms with E-state index in [1.54, 1.807) is 0 Å². The van der Waals surface area contributed by atoms with Gasteiger partial charge in [-0.3, -0.25) is 0 Å². The van der Waals surface area contributed by atoms with Crippen molar-refractivity contribution in [3.05, 3.63) is 14.4 Å². The molecule has 5 heavy (non-hydrogen) atoms. The van der Waals surface area contributed by atoms with Crippen LogP contribution in [0.15, 0.2) is 0 Å². The minimum absolute atomic E-state index is 0. The van der Waals surface area contributed by atoms with Crippen molar-refractivity contribution in [2.75, 3.05) is 0 Å². The number of hydrogen-bond acceptors (Lipinski definition) is 0. The van der Waals surface area contributed by atoms with E-state index in [2.05, 4.69) is 6.92 Å². The van der Waals surface area contributed by atoms with E-state index in [1.807, 2.05) is 6.92 Å². The molecule has 0 aliphatic heterocycles. The smallest absolute Gasteiger partial charge is 0.358 e. The molecule has 0 saturated carbocycles. The molecule has 0 aromatic rings. The monoisotopic (exact) mass is 172 g/mol. The summed E-state index contributed by atoms with van der Waals surface area (Å²) < 4.78 is 0. The summed E-state index contributed by atoms with van der Waals surface area (Å²) in [6, 6.07) is 0. The van der Waals surface area contributed by atoms with Crippen LogP contribution in [0.25, 0.3) is 0 Å². The molecule has 0 radical (unpaired) electrons. The Morgan fingerprint density at radius 3 is 1.60 bits per heavy atom. The van der Waals surface area contributed by atoms with E-state index in [-0.39, 0.29) is 34.7 Å². The van der Waals surface area contributed by atoms with Crippen LogP contribution in [-0.2, 0) is 27.3 Å². The van der Waals surface area contributed by atoms with E-state index in [0.29, 0.717) is 0 Å². The fraction of sp³-hybridized carbons (Fsp3) is 0.500. The van der Waals surface area contributed by atoms with Crippen LogP contribution >= 0.6 is 0 Å². The topological polar surface area (TPSA) is 0 Å². The van der Waals surface area contributed by atoms with Gasteiger partial charge in [-0.2, -0.15) is 6.42 Å². The van der Waals surface area contributed by atoms with Crippen LogP contribution in [0.1, 0.15) is 13.3 Å². The Kier molecular flexibility index (Phi) is 68.9. The molecule has 28 valence electrons. The van der Waals surface area contributed by atoms with Gasteiger partial charge in [0.05, 0.1) is 0 Å². The zero-order valence-corrected chi connectivity index (χ0v) is 8.16. The first kappa shape index (κ1) is 16.8. The summed E-state index contributed by atoms with van der Waals surface area (Å²) in [5, 5.41) is 0. The van der Waals surface area contributed by atoms with E-state index >= 15 is 0 Å². The van der Waals surface area contributed by atoms with Gasteiger partial charge in [0, 0.05) is 0 Å². The van der Waals surface area contributed by atoms with Gasteiger partial charge in [-0.25, -0.2) is 0 Å². The first-order valence-electron chi connectivity index (χ1n) is 1.21. The molecular formula is C4H10Cd. The Bertz CT molecular complexity index is 3.61. The molecular weight excluding hydrogens is 160 g/mol. The fourth-order valence-corrected chi connectivity index (χ4v) is 0. The van der Waals surface area contributed by atoms with E-state index in [4.69, 9.17) is 0 Å². The van der Waals surface area contributed by atoms with Crippen molar-refractivity contribution in [1.29, 1.82) is 0 Å². The van der Waals surface area contributed by atoms with E-state index < -0.39 is 0 Å². The van der Waals surface area contributed by atoms with Crippen LogP contribution < -0.4 is 0 Å². The van der Waals surface area contributed by atoms with Gasteiger partial charge < -0.3 is 14.4 Å². The maximum Gasteiger partial charge on any atom is 2.00 e. The number of hydrogen-bond donors (Lipinski definition) is 0. The predicted octanol–water partition coefficient (Wildman–Crippen LogP) is 1.68. The third-order valence-corrected chi connectivity index (χ3v) is 0. The zero-order chi connectivity index (χ0) is 2.71. The van der Waals surface area contributed by atoms with Crippen LogP contribution in [0, 0.1) is 14.4 Å². The second-order valence-electron chi connectivity index (χ2n) is 0.500. The first-order chi connectivity index (χ1) is 1.41. The fourth-order valence-electron chi connectivity index (χ4n) is 0. The van der Waals surface area contributed by atoms with Crippen molar-refractivity contribution in [2.24, 2.45) is 0 Å². The summed E-state index contributed by atoms with van der Waals surface area (Å²) in [7, 11) is 0. The van der Waals surface area contributed by atoms with E-state index in [1.165, 1.54) is 0 Å². The standard InChI is InChI=1S/C3H7.CH3.Cd/c1-3-2;;/h1,3H2,2H3;1H3;/q2*-1;+2. The molecule has 1 heteroatoms. The van der Waals surface area contributed by atoms with Crippen LogP contribution in [0.4, 0.5) is 0 Å². The predicted molar refractivity (Wildman–Crippen MR) is 22.1 cm³/mol. The summed E-state index contributed by atoms with van der Waals surface area (Å²) >= 11 is 0. The van der Waals surface area contributed by atoms with Gasteiger partial charge >= 0.3 is 27.3 Å². The molecule has 0 bridgehead atoms. The van der Waals surface area contributed by atoms with Gasteiger partial charge in [-0.05, 0) is 0 Å². The maximum atomic E-state index is 3.49. The summed E-state index contributed by atoms with van der Waals surface area (Å²) in [4.78, 5) is 0. The Morgan fingerprint density at radius 2 is 1.60 bits per heavy atom. The minimum Gasteiger partial charge on any atom is -0.358 e. The average Bonchev–Trinajstić information content (AvgIpc) is 0.918. The van der Waals surface area contributed by atoms with E-state index in [0.717, 1.165) is 6.42 Å². The van der Waals surface area contributed by atoms with Crippen molar-refractivity contribution >= 4 is 0 Å². The van der Waals surface area contributed by atoms with Crippen molar-refractivity contribution in [1.82, 2.24) is 0 Å². The van der Waals surface area contributed by atoms with Crippen LogP contribution in [0.5, 0.6) is 0 Å². The molecule has 0 heterocycles. The molecule has 0 aromatic carbocycles. The third-order valence-electron chi connectivity index (χ3n) is 0. The van der Waals surface area contributed by atoms with Gasteiger partial charge in [0.1, 0.15) is 0 Å². The molecule has 0 aromatic heterocycles. The van der Waals surface area contributed by atoms with Gasteiger partial charge in [0.25, 0.3) is 0 Å². The van der Waals surface area contributed by atoms with Gasteiger partial charge in [0.15, 0.2) is 0 Å².